The number of hydrogen-bond donors (Lipinski definition) is 2. The van der Waals surface area contributed by atoms with Gasteiger partial charge >= 0.3 is 0 Å². The summed E-state index contributed by atoms with van der Waals surface area (Å²) in [5.41, 5.74) is 1.77. The molecule has 0 bridgehead atoms. The first kappa shape index (κ1) is 13.1. The number of carbonyl (C=O) groups is 1. The Bertz CT molecular complexity index is 416. The second-order valence-electron chi connectivity index (χ2n) is 4.92. The Kier molecular flexibility index (Phi) is 3.99. The second-order valence-corrected chi connectivity index (χ2v) is 4.92. The molecule has 1 aromatic carbocycles. The van der Waals surface area contributed by atoms with Crippen molar-refractivity contribution in [2.45, 2.75) is 26.0 Å². The molecule has 0 saturated carbocycles. The van der Waals surface area contributed by atoms with Crippen LogP contribution in [0.1, 0.15) is 24.2 Å². The van der Waals surface area contributed by atoms with Gasteiger partial charge in [-0.3, -0.25) is 4.79 Å². The molecule has 1 heterocycles. The van der Waals surface area contributed by atoms with E-state index in [1.807, 2.05) is 24.3 Å². The molecule has 4 nitrogen and oxygen atoms in total. The van der Waals surface area contributed by atoms with Crippen LogP contribution in [-0.2, 0) is 0 Å². The van der Waals surface area contributed by atoms with Crippen LogP contribution in [0.5, 0.6) is 0 Å². The highest BCUT2D eigenvalue weighted by atomic mass is 16.3. The van der Waals surface area contributed by atoms with Crippen molar-refractivity contribution >= 4 is 11.5 Å². The fourth-order valence-corrected chi connectivity index (χ4v) is 2.29. The van der Waals surface area contributed by atoms with Crippen molar-refractivity contribution in [1.82, 2.24) is 5.32 Å². The van der Waals surface area contributed by atoms with Crippen molar-refractivity contribution in [2.75, 3.05) is 24.5 Å². The first-order valence-corrected chi connectivity index (χ1v) is 6.34. The SMILES string of the molecule is CC(=O)c1ccc(N2CC(O)CNCC2C)cc1. The molecule has 98 valence electrons. The summed E-state index contributed by atoms with van der Waals surface area (Å²) in [6.07, 6.45) is -0.359. The molecule has 2 atom stereocenters. The van der Waals surface area contributed by atoms with E-state index in [2.05, 4.69) is 17.1 Å². The lowest BCUT2D eigenvalue weighted by Gasteiger charge is -2.30. The highest BCUT2D eigenvalue weighted by molar-refractivity contribution is 5.94. The highest BCUT2D eigenvalue weighted by Gasteiger charge is 2.21. The Balaban J connectivity index is 2.20. The standard InChI is InChI=1S/C14H20N2O2/c1-10-7-15-8-14(18)9-16(10)13-5-3-12(4-6-13)11(2)17/h3-6,10,14-15,18H,7-9H2,1-2H3. The number of aliphatic hydroxyl groups is 1. The van der Waals surface area contributed by atoms with Crippen molar-refractivity contribution in [1.29, 1.82) is 0 Å². The molecule has 0 spiro atoms. The number of β-amino-alcohol motifs (C(OH)–C–C–N with tert-alkyl or cyclic N) is 1. The van der Waals surface area contributed by atoms with E-state index in [0.717, 1.165) is 17.8 Å². The van der Waals surface area contributed by atoms with E-state index in [1.165, 1.54) is 0 Å². The summed E-state index contributed by atoms with van der Waals surface area (Å²) in [7, 11) is 0. The monoisotopic (exact) mass is 248 g/mol. The summed E-state index contributed by atoms with van der Waals surface area (Å²) in [6.45, 7) is 5.80. The number of rotatable bonds is 2. The number of anilines is 1. The maximum absolute atomic E-state index is 11.2. The number of benzene rings is 1. The molecule has 0 aliphatic carbocycles. The quantitative estimate of drug-likeness (QED) is 0.768. The van der Waals surface area contributed by atoms with Crippen molar-refractivity contribution in [3.8, 4) is 0 Å². The maximum Gasteiger partial charge on any atom is 0.159 e. The van der Waals surface area contributed by atoms with Crippen LogP contribution in [0.3, 0.4) is 0 Å². The molecule has 0 aromatic heterocycles. The number of nitrogens with zero attached hydrogens (tertiary/aromatic N) is 1. The third kappa shape index (κ3) is 2.89. The van der Waals surface area contributed by atoms with Crippen molar-refractivity contribution in [3.63, 3.8) is 0 Å². The van der Waals surface area contributed by atoms with Gasteiger partial charge in [0.15, 0.2) is 5.78 Å². The van der Waals surface area contributed by atoms with Crippen LogP contribution >= 0.6 is 0 Å². The summed E-state index contributed by atoms with van der Waals surface area (Å²) in [5.74, 6) is 0.0761. The number of ketones is 1. The highest BCUT2D eigenvalue weighted by Crippen LogP contribution is 2.19. The minimum atomic E-state index is -0.359. The molecule has 18 heavy (non-hydrogen) atoms. The zero-order chi connectivity index (χ0) is 13.1. The molecule has 1 saturated heterocycles. The van der Waals surface area contributed by atoms with Crippen LogP contribution in [0.15, 0.2) is 24.3 Å². The minimum Gasteiger partial charge on any atom is -0.390 e. The van der Waals surface area contributed by atoms with Gasteiger partial charge in [0, 0.05) is 36.9 Å². The number of carbonyl (C=O) groups excluding carboxylic acids is 1. The van der Waals surface area contributed by atoms with Gasteiger partial charge < -0.3 is 15.3 Å². The number of aliphatic hydroxyl groups excluding tert-OH is 1. The topological polar surface area (TPSA) is 52.6 Å². The van der Waals surface area contributed by atoms with Crippen LogP contribution in [0.4, 0.5) is 5.69 Å². The summed E-state index contributed by atoms with van der Waals surface area (Å²) in [6, 6.07) is 7.91. The van der Waals surface area contributed by atoms with Gasteiger partial charge in [0.1, 0.15) is 0 Å². The van der Waals surface area contributed by atoms with Gasteiger partial charge in [0.2, 0.25) is 0 Å². The summed E-state index contributed by atoms with van der Waals surface area (Å²) < 4.78 is 0. The first-order chi connectivity index (χ1) is 8.58. The van der Waals surface area contributed by atoms with Gasteiger partial charge in [0.05, 0.1) is 6.10 Å². The number of hydrogen-bond acceptors (Lipinski definition) is 4. The predicted molar refractivity (Wildman–Crippen MR) is 72.1 cm³/mol. The molecule has 1 fully saturated rings. The van der Waals surface area contributed by atoms with Crippen molar-refractivity contribution < 1.29 is 9.90 Å². The first-order valence-electron chi connectivity index (χ1n) is 6.34. The fraction of sp³-hybridized carbons (Fsp3) is 0.500. The fourth-order valence-electron chi connectivity index (χ4n) is 2.29. The Morgan fingerprint density at radius 3 is 2.61 bits per heavy atom. The van der Waals surface area contributed by atoms with Crippen molar-refractivity contribution in [2.24, 2.45) is 0 Å². The molecule has 4 heteroatoms. The molecule has 0 amide bonds. The molecule has 1 aromatic rings. The van der Waals surface area contributed by atoms with Gasteiger partial charge in [-0.05, 0) is 38.1 Å². The molecule has 1 aliphatic rings. The molecule has 2 unspecified atom stereocenters. The Hall–Kier alpha value is -1.39. The maximum atomic E-state index is 11.2. The molecule has 2 rings (SSSR count). The van der Waals surface area contributed by atoms with Crippen LogP contribution in [-0.4, -0.2) is 42.7 Å². The average Bonchev–Trinajstić information content (AvgIpc) is 2.51. The summed E-state index contributed by atoms with van der Waals surface area (Å²) >= 11 is 0. The lowest BCUT2D eigenvalue weighted by molar-refractivity contribution is 0.101. The summed E-state index contributed by atoms with van der Waals surface area (Å²) in [4.78, 5) is 13.4. The predicted octanol–water partition coefficient (Wildman–Crippen LogP) is 1.05. The van der Waals surface area contributed by atoms with E-state index in [4.69, 9.17) is 0 Å². The lowest BCUT2D eigenvalue weighted by Crippen LogP contribution is -2.39. The third-order valence-corrected chi connectivity index (χ3v) is 3.36. The minimum absolute atomic E-state index is 0.0761. The third-order valence-electron chi connectivity index (χ3n) is 3.36. The van der Waals surface area contributed by atoms with Crippen molar-refractivity contribution in [3.05, 3.63) is 29.8 Å². The molecule has 1 aliphatic heterocycles. The molecular formula is C14H20N2O2. The van der Waals surface area contributed by atoms with E-state index >= 15 is 0 Å². The van der Waals surface area contributed by atoms with E-state index in [9.17, 15) is 9.90 Å². The van der Waals surface area contributed by atoms with Crippen LogP contribution in [0.25, 0.3) is 0 Å². The Labute approximate surface area is 108 Å². The lowest BCUT2D eigenvalue weighted by atomic mass is 10.1. The van der Waals surface area contributed by atoms with Crippen LogP contribution in [0, 0.1) is 0 Å². The molecule has 0 radical (unpaired) electrons. The second kappa shape index (κ2) is 5.50. The molecular weight excluding hydrogens is 228 g/mol. The Morgan fingerprint density at radius 1 is 1.33 bits per heavy atom. The number of Topliss-reactive ketones (excluding diaryl/α,β-unsaturated/α-hetero) is 1. The number of nitrogens with one attached hydrogen (secondary N) is 1. The van der Waals surface area contributed by atoms with Gasteiger partial charge in [-0.1, -0.05) is 0 Å². The zero-order valence-electron chi connectivity index (χ0n) is 10.9. The van der Waals surface area contributed by atoms with Crippen LogP contribution < -0.4 is 10.2 Å². The van der Waals surface area contributed by atoms with E-state index in [-0.39, 0.29) is 11.9 Å². The van der Waals surface area contributed by atoms with E-state index in [0.29, 0.717) is 19.1 Å². The summed E-state index contributed by atoms with van der Waals surface area (Å²) in [5, 5.41) is 13.1. The largest absolute Gasteiger partial charge is 0.390 e. The molecule has 2 N–H and O–H groups in total. The normalized spacial score (nSPS) is 24.7. The van der Waals surface area contributed by atoms with Crippen LogP contribution in [0.2, 0.25) is 0 Å². The Morgan fingerprint density at radius 2 is 2.00 bits per heavy atom. The van der Waals surface area contributed by atoms with E-state index in [1.54, 1.807) is 6.92 Å². The zero-order valence-corrected chi connectivity index (χ0v) is 10.9. The van der Waals surface area contributed by atoms with Gasteiger partial charge in [-0.25, -0.2) is 0 Å². The average molecular weight is 248 g/mol. The van der Waals surface area contributed by atoms with Gasteiger partial charge in [0.25, 0.3) is 0 Å². The van der Waals surface area contributed by atoms with Gasteiger partial charge in [-0.15, -0.1) is 0 Å². The smallest absolute Gasteiger partial charge is 0.159 e. The van der Waals surface area contributed by atoms with Gasteiger partial charge in [-0.2, -0.15) is 0 Å². The van der Waals surface area contributed by atoms with E-state index < -0.39 is 0 Å².